The van der Waals surface area contributed by atoms with Crippen LogP contribution in [0.3, 0.4) is 0 Å². The molecule has 0 radical (unpaired) electrons. The summed E-state index contributed by atoms with van der Waals surface area (Å²) in [5, 5.41) is 11.6. The van der Waals surface area contributed by atoms with Crippen molar-refractivity contribution in [3.05, 3.63) is 29.8 Å². The molecule has 33 heavy (non-hydrogen) atoms. The van der Waals surface area contributed by atoms with Gasteiger partial charge in [0.1, 0.15) is 4.70 Å². The molecular weight excluding hydrogens is 486 g/mol. The first-order valence-corrected chi connectivity index (χ1v) is 14.4. The van der Waals surface area contributed by atoms with Crippen LogP contribution in [0.2, 0.25) is 0 Å². The van der Waals surface area contributed by atoms with Crippen molar-refractivity contribution in [2.75, 3.05) is 23.9 Å². The SMILES string of the molecule is CC(C)C[C@H](CO)Nc1nc(S(=O)(=O)C(C)c2ccc(S(C)(=O)=O)cc2)nc2nc(N)sc12. The summed E-state index contributed by atoms with van der Waals surface area (Å²) in [5.74, 6) is 0.531. The summed E-state index contributed by atoms with van der Waals surface area (Å²) >= 11 is 1.12. The molecule has 180 valence electrons. The molecule has 0 saturated heterocycles. The molecule has 0 spiro atoms. The van der Waals surface area contributed by atoms with Gasteiger partial charge in [-0.2, -0.15) is 9.97 Å². The second-order valence-electron chi connectivity index (χ2n) is 8.24. The van der Waals surface area contributed by atoms with Crippen LogP contribution in [0.1, 0.15) is 38.0 Å². The summed E-state index contributed by atoms with van der Waals surface area (Å²) in [7, 11) is -7.47. The molecular formula is C20H27N5O5S3. The van der Waals surface area contributed by atoms with Crippen molar-refractivity contribution in [3.8, 4) is 0 Å². The maximum absolute atomic E-state index is 13.4. The number of hydrogen-bond donors (Lipinski definition) is 3. The second-order valence-corrected chi connectivity index (χ2v) is 13.5. The van der Waals surface area contributed by atoms with Crippen molar-refractivity contribution >= 4 is 52.3 Å². The summed E-state index contributed by atoms with van der Waals surface area (Å²) in [6.07, 6.45) is 1.72. The Kier molecular flexibility index (Phi) is 7.27. The molecule has 0 saturated carbocycles. The summed E-state index contributed by atoms with van der Waals surface area (Å²) < 4.78 is 50.6. The Morgan fingerprint density at radius 1 is 1.06 bits per heavy atom. The van der Waals surface area contributed by atoms with E-state index in [-0.39, 0.29) is 40.1 Å². The van der Waals surface area contributed by atoms with E-state index in [4.69, 9.17) is 5.73 Å². The Balaban J connectivity index is 2.04. The average molecular weight is 514 g/mol. The number of fused-ring (bicyclic) bond motifs is 1. The second kappa shape index (κ2) is 9.49. The number of nitrogens with two attached hydrogens (primary N) is 1. The molecule has 0 fully saturated rings. The number of nitrogens with zero attached hydrogens (tertiary/aromatic N) is 3. The van der Waals surface area contributed by atoms with E-state index < -0.39 is 30.1 Å². The quantitative estimate of drug-likeness (QED) is 0.362. The number of hydrogen-bond acceptors (Lipinski definition) is 11. The molecule has 3 aromatic rings. The van der Waals surface area contributed by atoms with Crippen LogP contribution < -0.4 is 11.1 Å². The molecule has 2 heterocycles. The highest BCUT2D eigenvalue weighted by Crippen LogP contribution is 2.33. The summed E-state index contributed by atoms with van der Waals surface area (Å²) in [6, 6.07) is 5.31. The van der Waals surface area contributed by atoms with E-state index >= 15 is 0 Å². The number of aliphatic hydroxyl groups is 1. The smallest absolute Gasteiger partial charge is 0.251 e. The number of benzene rings is 1. The number of sulfone groups is 2. The minimum Gasteiger partial charge on any atom is -0.394 e. The number of nitrogen functional groups attached to an aromatic ring is 1. The van der Waals surface area contributed by atoms with Gasteiger partial charge in [0.15, 0.2) is 26.4 Å². The van der Waals surface area contributed by atoms with Gasteiger partial charge in [0, 0.05) is 6.26 Å². The predicted octanol–water partition coefficient (Wildman–Crippen LogP) is 2.43. The normalized spacial score (nSPS) is 14.5. The number of nitrogens with one attached hydrogen (secondary N) is 1. The van der Waals surface area contributed by atoms with E-state index in [0.29, 0.717) is 16.7 Å². The van der Waals surface area contributed by atoms with Gasteiger partial charge in [0.05, 0.1) is 22.8 Å². The monoisotopic (exact) mass is 513 g/mol. The Bertz CT molecular complexity index is 1350. The number of anilines is 2. The zero-order chi connectivity index (χ0) is 24.6. The van der Waals surface area contributed by atoms with E-state index in [0.717, 1.165) is 17.6 Å². The number of thiazole rings is 1. The highest BCUT2D eigenvalue weighted by atomic mass is 32.2. The van der Waals surface area contributed by atoms with Crippen LogP contribution >= 0.6 is 11.3 Å². The van der Waals surface area contributed by atoms with E-state index in [1.54, 1.807) is 0 Å². The Morgan fingerprint density at radius 2 is 1.70 bits per heavy atom. The molecule has 10 nitrogen and oxygen atoms in total. The highest BCUT2D eigenvalue weighted by molar-refractivity contribution is 7.91. The largest absolute Gasteiger partial charge is 0.394 e. The van der Waals surface area contributed by atoms with Gasteiger partial charge in [0.25, 0.3) is 5.16 Å². The fourth-order valence-electron chi connectivity index (χ4n) is 3.31. The minimum absolute atomic E-state index is 0.0955. The molecule has 1 unspecified atom stereocenters. The topological polar surface area (TPSA) is 165 Å². The highest BCUT2D eigenvalue weighted by Gasteiger charge is 2.30. The van der Waals surface area contributed by atoms with Gasteiger partial charge in [-0.05, 0) is 37.0 Å². The fraction of sp³-hybridized carbons (Fsp3) is 0.450. The zero-order valence-corrected chi connectivity index (χ0v) is 21.1. The predicted molar refractivity (Wildman–Crippen MR) is 129 cm³/mol. The molecule has 0 aliphatic heterocycles. The molecule has 1 aromatic carbocycles. The molecule has 13 heteroatoms. The lowest BCUT2D eigenvalue weighted by molar-refractivity contribution is 0.259. The lowest BCUT2D eigenvalue weighted by atomic mass is 10.0. The van der Waals surface area contributed by atoms with Crippen LogP contribution in [0.5, 0.6) is 0 Å². The average Bonchev–Trinajstić information content (AvgIpc) is 3.12. The standard InChI is InChI=1S/C20H27N5O5S3/c1-11(2)9-14(10-26)22-17-16-18(23-19(21)31-16)25-20(24-17)33(29,30)12(3)13-5-7-15(8-6-13)32(4,27)28/h5-8,11-12,14,26H,9-10H2,1-4H3,(H3,21,22,23,24,25)/t12?,14-/m1/s1. The van der Waals surface area contributed by atoms with Crippen LogP contribution in [0, 0.1) is 5.92 Å². The van der Waals surface area contributed by atoms with Crippen LogP contribution in [0.25, 0.3) is 10.3 Å². The van der Waals surface area contributed by atoms with Crippen LogP contribution in [0.15, 0.2) is 34.3 Å². The minimum atomic E-state index is -4.06. The van der Waals surface area contributed by atoms with Gasteiger partial charge in [-0.15, -0.1) is 0 Å². The third-order valence-corrected chi connectivity index (χ3v) is 8.97. The van der Waals surface area contributed by atoms with Gasteiger partial charge in [-0.3, -0.25) is 0 Å². The Hall–Kier alpha value is -2.35. The first-order chi connectivity index (χ1) is 15.3. The summed E-state index contributed by atoms with van der Waals surface area (Å²) in [4.78, 5) is 12.6. The van der Waals surface area contributed by atoms with Crippen LogP contribution in [-0.2, 0) is 19.7 Å². The van der Waals surface area contributed by atoms with Crippen molar-refractivity contribution < 1.29 is 21.9 Å². The third kappa shape index (κ3) is 5.60. The zero-order valence-electron chi connectivity index (χ0n) is 18.7. The maximum Gasteiger partial charge on any atom is 0.251 e. The van der Waals surface area contributed by atoms with Gasteiger partial charge in [-0.25, -0.2) is 21.8 Å². The van der Waals surface area contributed by atoms with Crippen LogP contribution in [0.4, 0.5) is 10.9 Å². The van der Waals surface area contributed by atoms with Gasteiger partial charge in [0.2, 0.25) is 9.84 Å². The van der Waals surface area contributed by atoms with E-state index in [1.165, 1.54) is 31.2 Å². The first kappa shape index (κ1) is 25.3. The molecule has 3 rings (SSSR count). The van der Waals surface area contributed by atoms with Crippen molar-refractivity contribution in [1.82, 2.24) is 15.0 Å². The maximum atomic E-state index is 13.4. The molecule has 0 amide bonds. The van der Waals surface area contributed by atoms with Crippen molar-refractivity contribution in [1.29, 1.82) is 0 Å². The molecule has 0 bridgehead atoms. The molecule has 2 aromatic heterocycles. The Morgan fingerprint density at radius 3 is 2.24 bits per heavy atom. The van der Waals surface area contributed by atoms with E-state index in [1.807, 2.05) is 13.8 Å². The third-order valence-electron chi connectivity index (χ3n) is 5.06. The van der Waals surface area contributed by atoms with E-state index in [9.17, 15) is 21.9 Å². The summed E-state index contributed by atoms with van der Waals surface area (Å²) in [5.41, 5.74) is 6.37. The van der Waals surface area contributed by atoms with Crippen LogP contribution in [-0.4, -0.2) is 55.8 Å². The van der Waals surface area contributed by atoms with E-state index in [2.05, 4.69) is 20.3 Å². The molecule has 0 aliphatic rings. The molecule has 4 N–H and O–H groups in total. The number of rotatable bonds is 9. The molecule has 0 aliphatic carbocycles. The Labute approximate surface area is 197 Å². The molecule has 2 atom stereocenters. The van der Waals surface area contributed by atoms with Gasteiger partial charge < -0.3 is 16.2 Å². The fourth-order valence-corrected chi connectivity index (χ4v) is 5.93. The van der Waals surface area contributed by atoms with Crippen molar-refractivity contribution in [2.45, 2.75) is 48.5 Å². The summed E-state index contributed by atoms with van der Waals surface area (Å²) in [6.45, 7) is 5.34. The number of aliphatic hydroxyl groups excluding tert-OH is 1. The first-order valence-electron chi connectivity index (χ1n) is 10.2. The van der Waals surface area contributed by atoms with Gasteiger partial charge in [-0.1, -0.05) is 37.3 Å². The number of aromatic nitrogens is 3. The van der Waals surface area contributed by atoms with Crippen molar-refractivity contribution in [2.24, 2.45) is 5.92 Å². The lowest BCUT2D eigenvalue weighted by Gasteiger charge is -2.20. The van der Waals surface area contributed by atoms with Crippen molar-refractivity contribution in [3.63, 3.8) is 0 Å². The lowest BCUT2D eigenvalue weighted by Crippen LogP contribution is -2.26. The van der Waals surface area contributed by atoms with Gasteiger partial charge >= 0.3 is 0 Å².